The molecule has 166 valence electrons. The fourth-order valence-electron chi connectivity index (χ4n) is 3.87. The highest BCUT2D eigenvalue weighted by atomic mass is 16.5. The minimum absolute atomic E-state index is 0.203. The molecule has 1 atom stereocenters. The van der Waals surface area contributed by atoms with E-state index in [2.05, 4.69) is 26.0 Å². The molecular weight excluding hydrogens is 400 g/mol. The summed E-state index contributed by atoms with van der Waals surface area (Å²) in [4.78, 5) is 4.76. The van der Waals surface area contributed by atoms with E-state index in [-0.39, 0.29) is 6.61 Å². The molecule has 0 aliphatic rings. The van der Waals surface area contributed by atoms with Crippen molar-refractivity contribution >= 4 is 11.0 Å². The largest absolute Gasteiger partial charge is 0.491 e. The van der Waals surface area contributed by atoms with Crippen molar-refractivity contribution in [3.05, 3.63) is 88.7 Å². The van der Waals surface area contributed by atoms with Crippen molar-refractivity contribution in [2.45, 2.75) is 47.0 Å². The Morgan fingerprint density at radius 3 is 2.50 bits per heavy atom. The standard InChI is InChI=1S/C27H30N2O3/c1-18-12-13-25(20(3)14-18)32-17-27-28-23-9-5-6-10-24(23)29(27)15-22(30)16-31-26-11-7-8-19(2)21(26)4/h5-14,22,30H,15-17H2,1-4H3. The molecule has 0 aliphatic carbocycles. The zero-order valence-electron chi connectivity index (χ0n) is 19.1. The Hall–Kier alpha value is -3.31. The van der Waals surface area contributed by atoms with Gasteiger partial charge in [0.2, 0.25) is 0 Å². The Morgan fingerprint density at radius 2 is 1.69 bits per heavy atom. The number of aromatic nitrogens is 2. The van der Waals surface area contributed by atoms with E-state index in [1.165, 1.54) is 11.1 Å². The first-order chi connectivity index (χ1) is 15.4. The van der Waals surface area contributed by atoms with Crippen LogP contribution in [0.15, 0.2) is 60.7 Å². The number of aliphatic hydroxyl groups excluding tert-OH is 1. The molecule has 0 radical (unpaired) electrons. The fraction of sp³-hybridized carbons (Fsp3) is 0.296. The quantitative estimate of drug-likeness (QED) is 0.413. The second-order valence-corrected chi connectivity index (χ2v) is 8.35. The number of nitrogens with zero attached hydrogens (tertiary/aromatic N) is 2. The number of imidazole rings is 1. The highest BCUT2D eigenvalue weighted by Gasteiger charge is 2.16. The van der Waals surface area contributed by atoms with Crippen LogP contribution >= 0.6 is 0 Å². The van der Waals surface area contributed by atoms with Crippen molar-refractivity contribution in [2.24, 2.45) is 0 Å². The Morgan fingerprint density at radius 1 is 0.875 bits per heavy atom. The van der Waals surface area contributed by atoms with Gasteiger partial charge in [0.25, 0.3) is 0 Å². The van der Waals surface area contributed by atoms with Gasteiger partial charge in [-0.1, -0.05) is 42.0 Å². The van der Waals surface area contributed by atoms with Crippen LogP contribution in [-0.2, 0) is 13.2 Å². The average Bonchev–Trinajstić information content (AvgIpc) is 3.11. The zero-order valence-corrected chi connectivity index (χ0v) is 19.1. The van der Waals surface area contributed by atoms with Crippen molar-refractivity contribution in [1.29, 1.82) is 0 Å². The second kappa shape index (κ2) is 9.45. The van der Waals surface area contributed by atoms with E-state index in [1.807, 2.05) is 66.9 Å². The van der Waals surface area contributed by atoms with Crippen LogP contribution in [0.3, 0.4) is 0 Å². The van der Waals surface area contributed by atoms with E-state index >= 15 is 0 Å². The van der Waals surface area contributed by atoms with E-state index in [9.17, 15) is 5.11 Å². The fourth-order valence-corrected chi connectivity index (χ4v) is 3.87. The molecule has 1 heterocycles. The van der Waals surface area contributed by atoms with Crippen LogP contribution in [0.25, 0.3) is 11.0 Å². The van der Waals surface area contributed by atoms with Crippen LogP contribution < -0.4 is 9.47 Å². The Bertz CT molecular complexity index is 1230. The maximum Gasteiger partial charge on any atom is 0.148 e. The Kier molecular flexibility index (Phi) is 6.47. The first kappa shape index (κ1) is 21.9. The highest BCUT2D eigenvalue weighted by Crippen LogP contribution is 2.23. The van der Waals surface area contributed by atoms with Crippen molar-refractivity contribution in [3.8, 4) is 11.5 Å². The molecule has 5 heteroatoms. The summed E-state index contributed by atoms with van der Waals surface area (Å²) in [5, 5.41) is 10.8. The monoisotopic (exact) mass is 430 g/mol. The van der Waals surface area contributed by atoms with Crippen LogP contribution in [-0.4, -0.2) is 27.4 Å². The van der Waals surface area contributed by atoms with E-state index in [0.29, 0.717) is 13.2 Å². The third kappa shape index (κ3) is 4.78. The predicted molar refractivity (Wildman–Crippen MR) is 127 cm³/mol. The third-order valence-electron chi connectivity index (χ3n) is 5.80. The lowest BCUT2D eigenvalue weighted by atomic mass is 10.1. The predicted octanol–water partition coefficient (Wildman–Crippen LogP) is 5.29. The summed E-state index contributed by atoms with van der Waals surface area (Å²) >= 11 is 0. The van der Waals surface area contributed by atoms with Gasteiger partial charge < -0.3 is 19.1 Å². The molecule has 4 rings (SSSR count). The molecule has 0 saturated carbocycles. The smallest absolute Gasteiger partial charge is 0.148 e. The summed E-state index contributed by atoms with van der Waals surface area (Å²) in [6.45, 7) is 9.09. The zero-order chi connectivity index (χ0) is 22.7. The molecule has 1 N–H and O–H groups in total. The molecular formula is C27H30N2O3. The van der Waals surface area contributed by atoms with E-state index in [4.69, 9.17) is 14.5 Å². The first-order valence-electron chi connectivity index (χ1n) is 10.9. The summed E-state index contributed by atoms with van der Waals surface area (Å²) in [7, 11) is 0. The number of benzene rings is 3. The highest BCUT2D eigenvalue weighted by molar-refractivity contribution is 5.75. The molecule has 5 nitrogen and oxygen atoms in total. The van der Waals surface area contributed by atoms with Gasteiger partial charge in [-0.2, -0.15) is 0 Å². The van der Waals surface area contributed by atoms with Crippen LogP contribution in [0, 0.1) is 27.7 Å². The number of hydrogen-bond donors (Lipinski definition) is 1. The SMILES string of the molecule is Cc1ccc(OCc2nc3ccccc3n2CC(O)COc2cccc(C)c2C)c(C)c1. The van der Waals surface area contributed by atoms with Gasteiger partial charge in [0.15, 0.2) is 0 Å². The molecule has 0 fully saturated rings. The van der Waals surface area contributed by atoms with Gasteiger partial charge in [-0.3, -0.25) is 0 Å². The number of ether oxygens (including phenoxy) is 2. The molecule has 3 aromatic carbocycles. The number of fused-ring (bicyclic) bond motifs is 1. The van der Waals surface area contributed by atoms with E-state index in [1.54, 1.807) is 0 Å². The summed E-state index contributed by atoms with van der Waals surface area (Å²) in [6, 6.07) is 20.0. The number of para-hydroxylation sites is 2. The second-order valence-electron chi connectivity index (χ2n) is 8.35. The van der Waals surface area contributed by atoms with Crippen molar-refractivity contribution < 1.29 is 14.6 Å². The van der Waals surface area contributed by atoms with Crippen molar-refractivity contribution in [1.82, 2.24) is 9.55 Å². The maximum atomic E-state index is 10.8. The molecule has 1 aromatic heterocycles. The lowest BCUT2D eigenvalue weighted by Gasteiger charge is -2.17. The number of aliphatic hydroxyl groups is 1. The van der Waals surface area contributed by atoms with Gasteiger partial charge in [-0.05, 0) is 68.7 Å². The molecule has 4 aromatic rings. The lowest BCUT2D eigenvalue weighted by molar-refractivity contribution is 0.0914. The summed E-state index contributed by atoms with van der Waals surface area (Å²) in [6.07, 6.45) is -0.688. The van der Waals surface area contributed by atoms with Gasteiger partial charge in [-0.15, -0.1) is 0 Å². The normalized spacial score (nSPS) is 12.2. The van der Waals surface area contributed by atoms with E-state index in [0.717, 1.165) is 39.5 Å². The topological polar surface area (TPSA) is 56.5 Å². The van der Waals surface area contributed by atoms with Gasteiger partial charge in [0.05, 0.1) is 17.6 Å². The van der Waals surface area contributed by atoms with Crippen LogP contribution in [0.5, 0.6) is 11.5 Å². The van der Waals surface area contributed by atoms with Crippen molar-refractivity contribution in [3.63, 3.8) is 0 Å². The lowest BCUT2D eigenvalue weighted by Crippen LogP contribution is -2.25. The molecule has 0 amide bonds. The number of rotatable bonds is 8. The molecule has 0 saturated heterocycles. The number of aryl methyl sites for hydroxylation is 3. The van der Waals surface area contributed by atoms with Crippen LogP contribution in [0.4, 0.5) is 0 Å². The Balaban J connectivity index is 1.51. The Labute approximate surface area is 189 Å². The van der Waals surface area contributed by atoms with Gasteiger partial charge in [0, 0.05) is 0 Å². The average molecular weight is 431 g/mol. The minimum Gasteiger partial charge on any atom is -0.491 e. The molecule has 0 bridgehead atoms. The molecule has 32 heavy (non-hydrogen) atoms. The van der Waals surface area contributed by atoms with E-state index < -0.39 is 6.10 Å². The van der Waals surface area contributed by atoms with Crippen LogP contribution in [0.1, 0.15) is 28.1 Å². The minimum atomic E-state index is -0.688. The van der Waals surface area contributed by atoms with Gasteiger partial charge in [0.1, 0.15) is 36.6 Å². The molecule has 1 unspecified atom stereocenters. The summed E-state index contributed by atoms with van der Waals surface area (Å²) < 4.78 is 14.0. The summed E-state index contributed by atoms with van der Waals surface area (Å²) in [5.41, 5.74) is 6.41. The first-order valence-corrected chi connectivity index (χ1v) is 10.9. The van der Waals surface area contributed by atoms with Crippen LogP contribution in [0.2, 0.25) is 0 Å². The maximum absolute atomic E-state index is 10.8. The van der Waals surface area contributed by atoms with Gasteiger partial charge >= 0.3 is 0 Å². The third-order valence-corrected chi connectivity index (χ3v) is 5.80. The number of hydrogen-bond acceptors (Lipinski definition) is 4. The van der Waals surface area contributed by atoms with Gasteiger partial charge in [-0.25, -0.2) is 4.98 Å². The van der Waals surface area contributed by atoms with Crippen molar-refractivity contribution in [2.75, 3.05) is 6.61 Å². The summed E-state index contributed by atoms with van der Waals surface area (Å²) in [5.74, 6) is 2.42. The molecule has 0 aliphatic heterocycles. The molecule has 0 spiro atoms.